The molecule has 9 heteroatoms. The summed E-state index contributed by atoms with van der Waals surface area (Å²) in [4.78, 5) is 13.8. The van der Waals surface area contributed by atoms with E-state index in [1.54, 1.807) is 23.5 Å². The van der Waals surface area contributed by atoms with Crippen molar-refractivity contribution in [2.24, 2.45) is 7.05 Å². The van der Waals surface area contributed by atoms with E-state index in [4.69, 9.17) is 11.6 Å². The summed E-state index contributed by atoms with van der Waals surface area (Å²) in [5.41, 5.74) is 2.67. The molecule has 1 aliphatic carbocycles. The van der Waals surface area contributed by atoms with Gasteiger partial charge in [-0.3, -0.25) is 4.79 Å². The highest BCUT2D eigenvalue weighted by molar-refractivity contribution is 7.99. The zero-order valence-corrected chi connectivity index (χ0v) is 18.8. The fourth-order valence-electron chi connectivity index (χ4n) is 3.53. The summed E-state index contributed by atoms with van der Waals surface area (Å²) in [5, 5.41) is 23.0. The van der Waals surface area contributed by atoms with Crippen LogP contribution in [0.5, 0.6) is 0 Å². The van der Waals surface area contributed by atoms with Crippen LogP contribution in [0.1, 0.15) is 35.3 Å². The molecule has 1 N–H and O–H groups in total. The molecular weight excluding hydrogens is 438 g/mol. The number of nitrogens with one attached hydrogen (secondary N) is 1. The van der Waals surface area contributed by atoms with Gasteiger partial charge in [0.25, 0.3) is 0 Å². The minimum absolute atomic E-state index is 0.149. The maximum absolute atomic E-state index is 12.6. The summed E-state index contributed by atoms with van der Waals surface area (Å²) in [5.74, 6) is 0.757. The largest absolute Gasteiger partial charge is 0.316 e. The number of rotatable bonds is 5. The Morgan fingerprint density at radius 2 is 2.03 bits per heavy atom. The summed E-state index contributed by atoms with van der Waals surface area (Å²) in [6.07, 6.45) is 5.35. The zero-order chi connectivity index (χ0) is 21.1. The SMILES string of the molecule is Cn1c(SCC(=O)Nc2sc3c(c2C#N)CCCCC3)nnc1-c1ccc(Cl)cc1. The standard InChI is InChI=1S/C21H20ClN5OS2/c1-27-19(13-7-9-14(22)10-8-13)25-26-21(27)29-12-18(28)24-20-16(11-23)15-5-3-2-4-6-17(15)30-20/h7-10H,2-6,12H2,1H3,(H,24,28). The molecule has 1 aromatic carbocycles. The van der Waals surface area contributed by atoms with Gasteiger partial charge < -0.3 is 9.88 Å². The Labute approximate surface area is 188 Å². The maximum Gasteiger partial charge on any atom is 0.235 e. The molecule has 154 valence electrons. The van der Waals surface area contributed by atoms with Crippen molar-refractivity contribution in [3.63, 3.8) is 0 Å². The molecule has 2 aromatic heterocycles. The number of aryl methyl sites for hydroxylation is 1. The fraction of sp³-hybridized carbons (Fsp3) is 0.333. The lowest BCUT2D eigenvalue weighted by Crippen LogP contribution is -2.14. The third-order valence-corrected chi connectivity index (χ3v) is 7.54. The molecule has 30 heavy (non-hydrogen) atoms. The molecule has 3 aromatic rings. The molecule has 0 bridgehead atoms. The number of carbonyl (C=O) groups is 1. The number of thioether (sulfide) groups is 1. The molecule has 0 spiro atoms. The van der Waals surface area contributed by atoms with Crippen molar-refractivity contribution in [2.75, 3.05) is 11.1 Å². The third-order valence-electron chi connectivity index (χ3n) is 5.06. The summed E-state index contributed by atoms with van der Waals surface area (Å²) in [6.45, 7) is 0. The number of benzene rings is 1. The summed E-state index contributed by atoms with van der Waals surface area (Å²) >= 11 is 8.81. The Balaban J connectivity index is 1.43. The highest BCUT2D eigenvalue weighted by atomic mass is 35.5. The number of aromatic nitrogens is 3. The van der Waals surface area contributed by atoms with Gasteiger partial charge in [0.05, 0.1) is 11.3 Å². The van der Waals surface area contributed by atoms with Crippen LogP contribution < -0.4 is 5.32 Å². The fourth-order valence-corrected chi connectivity index (χ4v) is 5.63. The molecule has 0 fully saturated rings. The summed E-state index contributed by atoms with van der Waals surface area (Å²) in [6, 6.07) is 9.69. The van der Waals surface area contributed by atoms with Crippen LogP contribution in [0.15, 0.2) is 29.4 Å². The molecule has 4 rings (SSSR count). The van der Waals surface area contributed by atoms with Crippen molar-refractivity contribution in [3.05, 3.63) is 45.3 Å². The Morgan fingerprint density at radius 3 is 2.80 bits per heavy atom. The van der Waals surface area contributed by atoms with Crippen LogP contribution in [0.3, 0.4) is 0 Å². The first-order valence-corrected chi connectivity index (χ1v) is 11.9. The van der Waals surface area contributed by atoms with E-state index in [-0.39, 0.29) is 11.7 Å². The predicted octanol–water partition coefficient (Wildman–Crippen LogP) is 5.07. The third kappa shape index (κ3) is 4.38. The summed E-state index contributed by atoms with van der Waals surface area (Å²) < 4.78 is 1.86. The van der Waals surface area contributed by atoms with E-state index in [0.29, 0.717) is 26.6 Å². The minimum atomic E-state index is -0.149. The lowest BCUT2D eigenvalue weighted by molar-refractivity contribution is -0.113. The second-order valence-corrected chi connectivity index (χ2v) is 9.57. The van der Waals surface area contributed by atoms with Crippen molar-refractivity contribution >= 4 is 45.6 Å². The van der Waals surface area contributed by atoms with Gasteiger partial charge in [-0.25, -0.2) is 0 Å². The van der Waals surface area contributed by atoms with Crippen LogP contribution >= 0.6 is 34.7 Å². The van der Waals surface area contributed by atoms with Crippen LogP contribution in [-0.2, 0) is 24.7 Å². The number of carbonyl (C=O) groups excluding carboxylic acids is 1. The Hall–Kier alpha value is -2.34. The number of nitriles is 1. The molecule has 0 atom stereocenters. The maximum atomic E-state index is 12.6. The number of fused-ring (bicyclic) bond motifs is 1. The van der Waals surface area contributed by atoms with Gasteiger partial charge >= 0.3 is 0 Å². The van der Waals surface area contributed by atoms with Crippen LogP contribution in [0.25, 0.3) is 11.4 Å². The molecule has 0 aliphatic heterocycles. The number of thiophene rings is 1. The zero-order valence-electron chi connectivity index (χ0n) is 16.4. The average Bonchev–Trinajstić information content (AvgIpc) is 3.17. The van der Waals surface area contributed by atoms with Crippen LogP contribution in [0.4, 0.5) is 5.00 Å². The first kappa shape index (κ1) is 20.9. The highest BCUT2D eigenvalue weighted by Gasteiger charge is 2.21. The quantitative estimate of drug-likeness (QED) is 0.427. The van der Waals surface area contributed by atoms with Crippen LogP contribution in [0, 0.1) is 11.3 Å². The second-order valence-electron chi connectivity index (χ2n) is 7.09. The molecule has 0 saturated carbocycles. The highest BCUT2D eigenvalue weighted by Crippen LogP contribution is 2.37. The lowest BCUT2D eigenvalue weighted by atomic mass is 10.1. The first-order valence-electron chi connectivity index (χ1n) is 9.69. The smallest absolute Gasteiger partial charge is 0.235 e. The van der Waals surface area contributed by atoms with Gasteiger partial charge in [0.1, 0.15) is 11.1 Å². The number of anilines is 1. The molecule has 0 unspecified atom stereocenters. The van der Waals surface area contributed by atoms with E-state index >= 15 is 0 Å². The van der Waals surface area contributed by atoms with Crippen molar-refractivity contribution in [3.8, 4) is 17.5 Å². The molecule has 0 saturated heterocycles. The Kier molecular flexibility index (Phi) is 6.42. The molecule has 6 nitrogen and oxygen atoms in total. The lowest BCUT2D eigenvalue weighted by Gasteiger charge is -2.05. The molecular formula is C21H20ClN5OS2. The molecule has 0 radical (unpaired) electrons. The number of amides is 1. The van der Waals surface area contributed by atoms with E-state index in [2.05, 4.69) is 21.6 Å². The second kappa shape index (κ2) is 9.21. The summed E-state index contributed by atoms with van der Waals surface area (Å²) in [7, 11) is 1.87. The Morgan fingerprint density at radius 1 is 1.27 bits per heavy atom. The topological polar surface area (TPSA) is 83.6 Å². The van der Waals surface area contributed by atoms with Gasteiger partial charge in [0.2, 0.25) is 5.91 Å². The normalized spacial score (nSPS) is 13.4. The number of nitrogens with zero attached hydrogens (tertiary/aromatic N) is 4. The van der Waals surface area contributed by atoms with E-state index in [1.165, 1.54) is 23.1 Å². The average molecular weight is 458 g/mol. The van der Waals surface area contributed by atoms with Gasteiger partial charge in [0, 0.05) is 22.5 Å². The first-order chi connectivity index (χ1) is 14.6. The molecule has 1 aliphatic rings. The van der Waals surface area contributed by atoms with E-state index in [1.807, 2.05) is 23.7 Å². The number of halogens is 1. The van der Waals surface area contributed by atoms with E-state index in [9.17, 15) is 10.1 Å². The van der Waals surface area contributed by atoms with Crippen molar-refractivity contribution < 1.29 is 4.79 Å². The predicted molar refractivity (Wildman–Crippen MR) is 121 cm³/mol. The van der Waals surface area contributed by atoms with Crippen LogP contribution in [0.2, 0.25) is 5.02 Å². The monoisotopic (exact) mass is 457 g/mol. The number of hydrogen-bond donors (Lipinski definition) is 1. The van der Waals surface area contributed by atoms with E-state index < -0.39 is 0 Å². The number of hydrogen-bond acceptors (Lipinski definition) is 6. The van der Waals surface area contributed by atoms with Crippen molar-refractivity contribution in [1.82, 2.24) is 14.8 Å². The van der Waals surface area contributed by atoms with Gasteiger partial charge in [-0.2, -0.15) is 5.26 Å². The van der Waals surface area contributed by atoms with Gasteiger partial charge in [-0.1, -0.05) is 29.8 Å². The Bertz CT molecular complexity index is 1110. The van der Waals surface area contributed by atoms with Gasteiger partial charge in [-0.15, -0.1) is 21.5 Å². The van der Waals surface area contributed by atoms with E-state index in [0.717, 1.165) is 36.8 Å². The van der Waals surface area contributed by atoms with Gasteiger partial charge in [-0.05, 0) is 55.5 Å². The molecule has 2 heterocycles. The van der Waals surface area contributed by atoms with Gasteiger partial charge in [0.15, 0.2) is 11.0 Å². The van der Waals surface area contributed by atoms with Crippen molar-refractivity contribution in [2.45, 2.75) is 37.3 Å². The molecule has 1 amide bonds. The van der Waals surface area contributed by atoms with Crippen molar-refractivity contribution in [1.29, 1.82) is 5.26 Å². The van der Waals surface area contributed by atoms with Crippen LogP contribution in [-0.4, -0.2) is 26.4 Å². The minimum Gasteiger partial charge on any atom is -0.316 e.